The second-order valence-corrected chi connectivity index (χ2v) is 14.6. The van der Waals surface area contributed by atoms with Gasteiger partial charge in [0.05, 0.1) is 17.2 Å². The highest BCUT2D eigenvalue weighted by Gasteiger charge is 2.33. The summed E-state index contributed by atoms with van der Waals surface area (Å²) in [7, 11) is -4.23. The van der Waals surface area contributed by atoms with Crippen LogP contribution >= 0.6 is 15.9 Å². The van der Waals surface area contributed by atoms with E-state index in [-0.39, 0.29) is 34.1 Å². The monoisotopic (exact) mass is 730 g/mol. The number of alkyl halides is 3. The van der Waals surface area contributed by atoms with Crippen molar-refractivity contribution in [3.05, 3.63) is 123 Å². The molecule has 4 rings (SSSR count). The van der Waals surface area contributed by atoms with Gasteiger partial charge in [-0.05, 0) is 70.0 Å². The van der Waals surface area contributed by atoms with Gasteiger partial charge < -0.3 is 10.6 Å². The highest BCUT2D eigenvalue weighted by atomic mass is 79.9. The smallest absolute Gasteiger partial charge is 0.351 e. The molecule has 0 aliphatic rings. The van der Waals surface area contributed by atoms with Crippen molar-refractivity contribution in [2.24, 2.45) is 0 Å². The molecular formula is C35H34BrF3N2O5S. The van der Waals surface area contributed by atoms with Gasteiger partial charge in [0.2, 0.25) is 5.91 Å². The number of carbonyl (C=O) groups excluding carboxylic acids is 2. The third-order valence-corrected chi connectivity index (χ3v) is 8.97. The maximum atomic E-state index is 13.7. The Morgan fingerprint density at radius 1 is 0.851 bits per heavy atom. The molecule has 0 radical (unpaired) electrons. The maximum absolute atomic E-state index is 13.7. The molecule has 0 aliphatic heterocycles. The van der Waals surface area contributed by atoms with Crippen molar-refractivity contribution in [2.45, 2.75) is 44.7 Å². The molecule has 0 fully saturated rings. The van der Waals surface area contributed by atoms with Crippen LogP contribution in [0.15, 0.2) is 95.5 Å². The average molecular weight is 732 g/mol. The zero-order valence-corrected chi connectivity index (χ0v) is 28.3. The van der Waals surface area contributed by atoms with E-state index in [4.69, 9.17) is 4.55 Å². The fourth-order valence-electron chi connectivity index (χ4n) is 4.91. The first-order valence-electron chi connectivity index (χ1n) is 14.6. The second-order valence-electron chi connectivity index (χ2n) is 12.1. The lowest BCUT2D eigenvalue weighted by atomic mass is 9.86. The molecule has 1 atom stereocenters. The van der Waals surface area contributed by atoms with Crippen molar-refractivity contribution in [1.82, 2.24) is 5.32 Å². The Morgan fingerprint density at radius 2 is 1.43 bits per heavy atom. The van der Waals surface area contributed by atoms with Crippen molar-refractivity contribution in [3.8, 4) is 11.1 Å². The van der Waals surface area contributed by atoms with Crippen molar-refractivity contribution >= 4 is 43.5 Å². The first kappa shape index (κ1) is 35.8. The number of carbonyl (C=O) groups is 2. The fraction of sp³-hybridized carbons (Fsp3) is 0.257. The second kappa shape index (κ2) is 14.4. The third kappa shape index (κ3) is 9.99. The molecule has 7 nitrogen and oxygen atoms in total. The lowest BCUT2D eigenvalue weighted by molar-refractivity contribution is -0.138. The molecule has 0 spiro atoms. The number of halogens is 4. The predicted molar refractivity (Wildman–Crippen MR) is 180 cm³/mol. The third-order valence-electron chi connectivity index (χ3n) is 7.55. The van der Waals surface area contributed by atoms with Gasteiger partial charge in [-0.25, -0.2) is 0 Å². The molecule has 2 amide bonds. The molecule has 3 N–H and O–H groups in total. The van der Waals surface area contributed by atoms with Gasteiger partial charge >= 0.3 is 6.18 Å². The van der Waals surface area contributed by atoms with Crippen LogP contribution in [0.4, 0.5) is 18.9 Å². The number of amides is 2. The minimum absolute atomic E-state index is 0.00374. The fourth-order valence-corrected chi connectivity index (χ4v) is 5.74. The molecule has 0 bridgehead atoms. The normalized spacial score (nSPS) is 12.8. The van der Waals surface area contributed by atoms with Gasteiger partial charge in [0.1, 0.15) is 0 Å². The highest BCUT2D eigenvalue weighted by molar-refractivity contribution is 9.10. The van der Waals surface area contributed by atoms with Crippen LogP contribution in [0.25, 0.3) is 11.1 Å². The van der Waals surface area contributed by atoms with Crippen molar-refractivity contribution in [2.75, 3.05) is 17.6 Å². The van der Waals surface area contributed by atoms with E-state index in [2.05, 4.69) is 59.5 Å². The number of hydrogen-bond donors (Lipinski definition) is 3. The van der Waals surface area contributed by atoms with E-state index in [1.165, 1.54) is 29.8 Å². The summed E-state index contributed by atoms with van der Waals surface area (Å²) in [6.07, 6.45) is -4.46. The van der Waals surface area contributed by atoms with Crippen LogP contribution in [0, 0.1) is 0 Å². The molecular weight excluding hydrogens is 697 g/mol. The Balaban J connectivity index is 1.60. The highest BCUT2D eigenvalue weighted by Crippen LogP contribution is 2.37. The molecule has 4 aromatic rings. The Labute approximate surface area is 280 Å². The van der Waals surface area contributed by atoms with Gasteiger partial charge in [-0.2, -0.15) is 21.6 Å². The zero-order valence-electron chi connectivity index (χ0n) is 25.9. The predicted octanol–water partition coefficient (Wildman–Crippen LogP) is 8.02. The summed E-state index contributed by atoms with van der Waals surface area (Å²) >= 11 is 2.92. The van der Waals surface area contributed by atoms with Gasteiger partial charge in [-0.15, -0.1) is 0 Å². The SMILES string of the molecule is CC(C)(C)c1ccc(-c2ccc(C(Cc3ccc(C(=O)NCCS(=O)(=O)O)cc3)C(=O)Nc3ccc(Br)c(C(F)(F)F)c3)cc2)cc1. The van der Waals surface area contributed by atoms with Crippen LogP contribution in [0.5, 0.6) is 0 Å². The minimum Gasteiger partial charge on any atom is -0.351 e. The van der Waals surface area contributed by atoms with Crippen LogP contribution in [0.3, 0.4) is 0 Å². The largest absolute Gasteiger partial charge is 0.417 e. The summed E-state index contributed by atoms with van der Waals surface area (Å²) in [5.41, 5.74) is 3.74. The van der Waals surface area contributed by atoms with E-state index in [0.717, 1.165) is 17.2 Å². The number of anilines is 1. The number of hydrogen-bond acceptors (Lipinski definition) is 4. The Bertz CT molecular complexity index is 1840. The zero-order chi connectivity index (χ0) is 34.6. The van der Waals surface area contributed by atoms with Gasteiger partial charge in [0.15, 0.2) is 0 Å². The van der Waals surface area contributed by atoms with Crippen molar-refractivity contribution in [3.63, 3.8) is 0 Å². The molecule has 0 saturated carbocycles. The van der Waals surface area contributed by atoms with E-state index in [9.17, 15) is 31.2 Å². The standard InChI is InChI=1S/C35H34BrF3N2O5S/c1-34(2,3)27-14-12-24(13-15-27)23-8-10-25(11-9-23)29(33(43)41-28-16-17-31(36)30(21-28)35(37,38)39)20-22-4-6-26(7-5-22)32(42)40-18-19-47(44,45)46/h4-17,21,29H,18-20H2,1-3H3,(H,40,42)(H,41,43)(H,44,45,46). The van der Waals surface area contributed by atoms with Gasteiger partial charge in [0, 0.05) is 22.3 Å². The molecule has 248 valence electrons. The number of rotatable bonds is 10. The van der Waals surface area contributed by atoms with E-state index < -0.39 is 45.3 Å². The molecule has 0 saturated heterocycles. The summed E-state index contributed by atoms with van der Waals surface area (Å²) < 4.78 is 71.2. The summed E-state index contributed by atoms with van der Waals surface area (Å²) in [6, 6.07) is 25.4. The van der Waals surface area contributed by atoms with Gasteiger partial charge in [-0.3, -0.25) is 14.1 Å². The lowest BCUT2D eigenvalue weighted by Gasteiger charge is -2.20. The quantitative estimate of drug-likeness (QED) is 0.143. The van der Waals surface area contributed by atoms with E-state index >= 15 is 0 Å². The maximum Gasteiger partial charge on any atom is 0.417 e. The summed E-state index contributed by atoms with van der Waals surface area (Å²) in [5, 5.41) is 5.05. The lowest BCUT2D eigenvalue weighted by Crippen LogP contribution is -2.28. The van der Waals surface area contributed by atoms with Crippen molar-refractivity contribution in [1.29, 1.82) is 0 Å². The average Bonchev–Trinajstić information content (AvgIpc) is 2.99. The van der Waals surface area contributed by atoms with E-state index in [1.807, 2.05) is 36.4 Å². The molecule has 0 heterocycles. The first-order chi connectivity index (χ1) is 21.9. The molecule has 47 heavy (non-hydrogen) atoms. The summed E-state index contributed by atoms with van der Waals surface area (Å²) in [5.74, 6) is -2.50. The molecule has 1 unspecified atom stereocenters. The molecule has 0 aromatic heterocycles. The Hall–Kier alpha value is -4.00. The topological polar surface area (TPSA) is 113 Å². The van der Waals surface area contributed by atoms with Crippen LogP contribution in [0.1, 0.15) is 59.3 Å². The Kier molecular flexibility index (Phi) is 11.0. The Morgan fingerprint density at radius 3 is 1.96 bits per heavy atom. The number of nitrogens with one attached hydrogen (secondary N) is 2. The van der Waals surface area contributed by atoms with Gasteiger partial charge in [-0.1, -0.05) is 97.4 Å². The minimum atomic E-state index is -4.62. The summed E-state index contributed by atoms with van der Waals surface area (Å²) in [6.45, 7) is 6.13. The molecule has 4 aromatic carbocycles. The van der Waals surface area contributed by atoms with Crippen LogP contribution < -0.4 is 10.6 Å². The van der Waals surface area contributed by atoms with Crippen LogP contribution in [-0.2, 0) is 32.9 Å². The van der Waals surface area contributed by atoms with Crippen LogP contribution in [-0.4, -0.2) is 37.1 Å². The van der Waals surface area contributed by atoms with Gasteiger partial charge in [0.25, 0.3) is 16.0 Å². The summed E-state index contributed by atoms with van der Waals surface area (Å²) in [4.78, 5) is 26.1. The van der Waals surface area contributed by atoms with E-state index in [1.54, 1.807) is 12.1 Å². The number of benzene rings is 4. The van der Waals surface area contributed by atoms with Crippen LogP contribution in [0.2, 0.25) is 0 Å². The first-order valence-corrected chi connectivity index (χ1v) is 17.0. The molecule has 12 heteroatoms. The van der Waals surface area contributed by atoms with E-state index in [0.29, 0.717) is 11.1 Å². The van der Waals surface area contributed by atoms with Crippen molar-refractivity contribution < 1.29 is 35.7 Å². The molecule has 0 aliphatic carbocycles.